The maximum absolute atomic E-state index is 3.00. The normalized spacial score (nSPS) is 7.00. The molecular weight excluding hydrogens is 192 g/mol. The van der Waals surface area contributed by atoms with Crippen molar-refractivity contribution in [2.24, 2.45) is 0 Å². The molecule has 0 aliphatic rings. The highest BCUT2D eigenvalue weighted by molar-refractivity contribution is 5.81. The second kappa shape index (κ2) is 12.9. The second-order valence-corrected chi connectivity index (χ2v) is 2.35. The molecule has 0 spiro atoms. The Morgan fingerprint density at radius 3 is 0.812 bits per heavy atom. The minimum atomic E-state index is 1.31. The van der Waals surface area contributed by atoms with Crippen molar-refractivity contribution < 1.29 is 0 Å². The second-order valence-electron chi connectivity index (χ2n) is 2.35. The van der Waals surface area contributed by atoms with Gasteiger partial charge >= 0.3 is 0 Å². The van der Waals surface area contributed by atoms with Crippen molar-refractivity contribution >= 4 is 10.8 Å². The van der Waals surface area contributed by atoms with Gasteiger partial charge in [-0.15, -0.1) is 39.5 Å². The lowest BCUT2D eigenvalue weighted by Crippen LogP contribution is -1.67. The number of rotatable bonds is 0. The van der Waals surface area contributed by atoms with Gasteiger partial charge in [-0.3, -0.25) is 0 Å². The summed E-state index contributed by atoms with van der Waals surface area (Å²) >= 11 is 0. The van der Waals surface area contributed by atoms with Crippen LogP contribution in [0.1, 0.15) is 0 Å². The van der Waals surface area contributed by atoms with Crippen LogP contribution in [0, 0.1) is 0 Å². The Balaban J connectivity index is 0. The number of benzene rings is 2. The summed E-state index contributed by atoms with van der Waals surface area (Å²) in [6.45, 7) is 18.0. The summed E-state index contributed by atoms with van der Waals surface area (Å²) in [5, 5.41) is 2.62. The van der Waals surface area contributed by atoms with E-state index in [0.717, 1.165) is 0 Å². The van der Waals surface area contributed by atoms with Crippen LogP contribution in [0.15, 0.2) is 88.0 Å². The van der Waals surface area contributed by atoms with Crippen molar-refractivity contribution in [3.05, 3.63) is 88.0 Å². The average Bonchev–Trinajstić information content (AvgIpc) is 2.45. The van der Waals surface area contributed by atoms with Crippen LogP contribution in [0.4, 0.5) is 0 Å². The Morgan fingerprint density at radius 2 is 0.625 bits per heavy atom. The zero-order valence-corrected chi connectivity index (χ0v) is 9.86. The van der Waals surface area contributed by atoms with Crippen molar-refractivity contribution in [1.82, 2.24) is 0 Å². The van der Waals surface area contributed by atoms with E-state index in [9.17, 15) is 0 Å². The Morgan fingerprint density at radius 1 is 0.438 bits per heavy atom. The Labute approximate surface area is 99.3 Å². The van der Waals surface area contributed by atoms with E-state index in [1.807, 2.05) is 0 Å². The van der Waals surface area contributed by atoms with Gasteiger partial charge < -0.3 is 0 Å². The first-order valence-electron chi connectivity index (χ1n) is 4.90. The summed E-state index contributed by atoms with van der Waals surface area (Å²) in [5.74, 6) is 0. The number of hydrogen-bond acceptors (Lipinski definition) is 0. The van der Waals surface area contributed by atoms with E-state index in [2.05, 4.69) is 88.0 Å². The predicted molar refractivity (Wildman–Crippen MR) is 77.7 cm³/mol. The highest BCUT2D eigenvalue weighted by Crippen LogP contribution is 2.11. The van der Waals surface area contributed by atoms with E-state index in [1.165, 1.54) is 10.8 Å². The van der Waals surface area contributed by atoms with Gasteiger partial charge in [0.05, 0.1) is 0 Å². The van der Waals surface area contributed by atoms with E-state index < -0.39 is 0 Å². The summed E-state index contributed by atoms with van der Waals surface area (Å²) < 4.78 is 0. The molecule has 0 bridgehead atoms. The SMILES string of the molecule is C=C.C=C.C=C.c1ccc2ccccc2c1. The molecule has 0 saturated carbocycles. The van der Waals surface area contributed by atoms with E-state index >= 15 is 0 Å². The molecule has 0 heteroatoms. The molecule has 0 radical (unpaired) electrons. The van der Waals surface area contributed by atoms with Crippen LogP contribution in [-0.4, -0.2) is 0 Å². The molecule has 84 valence electrons. The van der Waals surface area contributed by atoms with Crippen molar-refractivity contribution in [3.8, 4) is 0 Å². The van der Waals surface area contributed by atoms with E-state index in [1.54, 1.807) is 0 Å². The molecule has 0 atom stereocenters. The van der Waals surface area contributed by atoms with Gasteiger partial charge in [0.15, 0.2) is 0 Å². The molecule has 0 unspecified atom stereocenters. The molecule has 0 N–H and O–H groups in total. The summed E-state index contributed by atoms with van der Waals surface area (Å²) in [6, 6.07) is 16.7. The van der Waals surface area contributed by atoms with Crippen LogP contribution in [0.3, 0.4) is 0 Å². The maximum Gasteiger partial charge on any atom is -0.0184 e. The number of hydrogen-bond donors (Lipinski definition) is 0. The topological polar surface area (TPSA) is 0 Å². The van der Waals surface area contributed by atoms with Gasteiger partial charge in [-0.05, 0) is 10.8 Å². The van der Waals surface area contributed by atoms with E-state index in [-0.39, 0.29) is 0 Å². The summed E-state index contributed by atoms with van der Waals surface area (Å²) in [7, 11) is 0. The van der Waals surface area contributed by atoms with Gasteiger partial charge in [-0.25, -0.2) is 0 Å². The molecule has 0 aliphatic carbocycles. The van der Waals surface area contributed by atoms with Gasteiger partial charge in [-0.1, -0.05) is 48.5 Å². The Hall–Kier alpha value is -2.08. The Kier molecular flexibility index (Phi) is 13.2. The van der Waals surface area contributed by atoms with Crippen LogP contribution >= 0.6 is 0 Å². The molecule has 2 rings (SSSR count). The van der Waals surface area contributed by atoms with E-state index in [0.29, 0.717) is 0 Å². The molecule has 2 aromatic rings. The maximum atomic E-state index is 3.00. The summed E-state index contributed by atoms with van der Waals surface area (Å²) in [6.07, 6.45) is 0. The monoisotopic (exact) mass is 212 g/mol. The lowest BCUT2D eigenvalue weighted by Gasteiger charge is -1.92. The van der Waals surface area contributed by atoms with Gasteiger partial charge in [0.25, 0.3) is 0 Å². The van der Waals surface area contributed by atoms with Gasteiger partial charge in [-0.2, -0.15) is 0 Å². The minimum Gasteiger partial charge on any atom is -0.106 e. The quantitative estimate of drug-likeness (QED) is 0.523. The van der Waals surface area contributed by atoms with Gasteiger partial charge in [0.1, 0.15) is 0 Å². The van der Waals surface area contributed by atoms with Gasteiger partial charge in [0, 0.05) is 0 Å². The average molecular weight is 212 g/mol. The third-order valence-corrected chi connectivity index (χ3v) is 1.66. The zero-order valence-electron chi connectivity index (χ0n) is 9.86. The smallest absolute Gasteiger partial charge is 0.0184 e. The van der Waals surface area contributed by atoms with Crippen LogP contribution in [0.2, 0.25) is 0 Å². The Bertz CT molecular complexity index is 306. The van der Waals surface area contributed by atoms with Gasteiger partial charge in [0.2, 0.25) is 0 Å². The van der Waals surface area contributed by atoms with Crippen molar-refractivity contribution in [2.45, 2.75) is 0 Å². The first kappa shape index (κ1) is 16.4. The third-order valence-electron chi connectivity index (χ3n) is 1.66. The largest absolute Gasteiger partial charge is 0.106 e. The fourth-order valence-corrected chi connectivity index (χ4v) is 1.13. The molecule has 0 saturated heterocycles. The first-order chi connectivity index (χ1) is 7.97. The molecule has 16 heavy (non-hydrogen) atoms. The molecule has 0 fully saturated rings. The first-order valence-corrected chi connectivity index (χ1v) is 4.90. The predicted octanol–water partition coefficient (Wildman–Crippen LogP) is 5.25. The third kappa shape index (κ3) is 5.61. The lowest BCUT2D eigenvalue weighted by atomic mass is 10.1. The van der Waals surface area contributed by atoms with E-state index in [4.69, 9.17) is 0 Å². The molecular formula is C16H20. The minimum absolute atomic E-state index is 1.31. The molecule has 0 amide bonds. The van der Waals surface area contributed by atoms with Crippen molar-refractivity contribution in [3.63, 3.8) is 0 Å². The summed E-state index contributed by atoms with van der Waals surface area (Å²) in [5.41, 5.74) is 0. The van der Waals surface area contributed by atoms with Crippen LogP contribution in [0.5, 0.6) is 0 Å². The van der Waals surface area contributed by atoms with Crippen LogP contribution < -0.4 is 0 Å². The fraction of sp³-hybridized carbons (Fsp3) is 0. The standard InChI is InChI=1S/C10H8.3C2H4/c1-2-6-10-8-4-3-7-9(10)5-1;3*1-2/h1-8H;3*1-2H2. The molecule has 0 aliphatic heterocycles. The highest BCUT2D eigenvalue weighted by atomic mass is 13.9. The molecule has 0 nitrogen and oxygen atoms in total. The van der Waals surface area contributed by atoms with Crippen LogP contribution in [-0.2, 0) is 0 Å². The highest BCUT2D eigenvalue weighted by Gasteiger charge is 1.85. The summed E-state index contributed by atoms with van der Waals surface area (Å²) in [4.78, 5) is 0. The zero-order chi connectivity index (χ0) is 12.8. The number of fused-ring (bicyclic) bond motifs is 1. The molecule has 0 heterocycles. The molecule has 2 aromatic carbocycles. The molecule has 0 aromatic heterocycles. The van der Waals surface area contributed by atoms with Crippen molar-refractivity contribution in [1.29, 1.82) is 0 Å². The fourth-order valence-electron chi connectivity index (χ4n) is 1.13. The van der Waals surface area contributed by atoms with Crippen molar-refractivity contribution in [2.75, 3.05) is 0 Å². The lowest BCUT2D eigenvalue weighted by molar-refractivity contribution is 1.75. The van der Waals surface area contributed by atoms with Crippen LogP contribution in [0.25, 0.3) is 10.8 Å².